The van der Waals surface area contributed by atoms with E-state index in [1.807, 2.05) is 54.6 Å². The third-order valence-corrected chi connectivity index (χ3v) is 7.23. The summed E-state index contributed by atoms with van der Waals surface area (Å²) in [7, 11) is 0. The highest BCUT2D eigenvalue weighted by molar-refractivity contribution is 5.31. The molecule has 0 amide bonds. The molecule has 41 heavy (non-hydrogen) atoms. The summed E-state index contributed by atoms with van der Waals surface area (Å²) < 4.78 is 41.5. The molecule has 1 N–H and O–H groups in total. The Balaban J connectivity index is 1.05. The van der Waals surface area contributed by atoms with E-state index in [2.05, 4.69) is 19.9 Å². The fraction of sp³-hybridized carbons (Fsp3) is 0.355. The van der Waals surface area contributed by atoms with Crippen molar-refractivity contribution in [3.8, 4) is 11.5 Å². The molecular formula is C31H35F2N5O3. The Kier molecular flexibility index (Phi) is 9.55. The molecule has 5 rings (SSSR count). The van der Waals surface area contributed by atoms with Crippen LogP contribution in [0.2, 0.25) is 0 Å². The number of ether oxygens (including phenoxy) is 2. The summed E-state index contributed by atoms with van der Waals surface area (Å²) in [4.78, 5) is 8.38. The van der Waals surface area contributed by atoms with Crippen LogP contribution in [0.5, 0.6) is 11.5 Å². The summed E-state index contributed by atoms with van der Waals surface area (Å²) in [6.07, 6.45) is 3.71. The van der Waals surface area contributed by atoms with Crippen LogP contribution in [0.3, 0.4) is 0 Å². The zero-order chi connectivity index (χ0) is 28.5. The molecule has 3 aromatic carbocycles. The van der Waals surface area contributed by atoms with Gasteiger partial charge in [-0.25, -0.2) is 18.4 Å². The molecule has 1 fully saturated rings. The number of aliphatic hydroxyl groups is 1. The highest BCUT2D eigenvalue weighted by Crippen LogP contribution is 2.28. The third-order valence-electron chi connectivity index (χ3n) is 7.23. The van der Waals surface area contributed by atoms with Crippen LogP contribution in [0, 0.1) is 11.6 Å². The molecule has 8 nitrogen and oxygen atoms in total. The minimum absolute atomic E-state index is 0.00718. The van der Waals surface area contributed by atoms with Crippen molar-refractivity contribution < 1.29 is 23.4 Å². The second-order valence-corrected chi connectivity index (χ2v) is 10.3. The van der Waals surface area contributed by atoms with Gasteiger partial charge in [-0.15, -0.1) is 0 Å². The summed E-state index contributed by atoms with van der Waals surface area (Å²) in [6, 6.07) is 21.0. The van der Waals surface area contributed by atoms with E-state index >= 15 is 0 Å². The number of nitrogens with zero attached hydrogens (tertiary/aromatic N) is 5. The quantitative estimate of drug-likeness (QED) is 0.246. The second-order valence-electron chi connectivity index (χ2n) is 10.3. The fourth-order valence-corrected chi connectivity index (χ4v) is 5.06. The molecule has 1 atom stereocenters. The predicted octanol–water partition coefficient (Wildman–Crippen LogP) is 4.11. The first-order valence-electron chi connectivity index (χ1n) is 13.8. The van der Waals surface area contributed by atoms with Crippen LogP contribution in [0.25, 0.3) is 0 Å². The van der Waals surface area contributed by atoms with Crippen LogP contribution in [-0.2, 0) is 18.8 Å². The molecule has 0 saturated carbocycles. The van der Waals surface area contributed by atoms with E-state index in [0.29, 0.717) is 26.3 Å². The summed E-state index contributed by atoms with van der Waals surface area (Å²) in [6.45, 7) is 5.29. The number of benzene rings is 3. The highest BCUT2D eigenvalue weighted by Gasteiger charge is 2.36. The number of piperazine rings is 1. The zero-order valence-electron chi connectivity index (χ0n) is 22.9. The highest BCUT2D eigenvalue weighted by atomic mass is 19.1. The molecule has 4 aromatic rings. The Bertz CT molecular complexity index is 1350. The molecule has 1 aromatic heterocycles. The summed E-state index contributed by atoms with van der Waals surface area (Å²) in [5.74, 6) is 0.147. The molecular weight excluding hydrogens is 528 g/mol. The lowest BCUT2D eigenvalue weighted by atomic mass is 9.92. The molecule has 0 radical (unpaired) electrons. The van der Waals surface area contributed by atoms with Crippen LogP contribution in [0.4, 0.5) is 8.78 Å². The Labute approximate surface area is 238 Å². The second kappa shape index (κ2) is 13.7. The lowest BCUT2D eigenvalue weighted by molar-refractivity contribution is -0.0320. The largest absolute Gasteiger partial charge is 0.494 e. The van der Waals surface area contributed by atoms with E-state index in [4.69, 9.17) is 9.47 Å². The van der Waals surface area contributed by atoms with Crippen LogP contribution >= 0.6 is 0 Å². The van der Waals surface area contributed by atoms with Gasteiger partial charge in [0.25, 0.3) is 0 Å². The van der Waals surface area contributed by atoms with E-state index in [9.17, 15) is 13.9 Å². The minimum atomic E-state index is -1.59. The van der Waals surface area contributed by atoms with Gasteiger partial charge in [-0.3, -0.25) is 4.90 Å². The maximum absolute atomic E-state index is 14.7. The number of hydrogen-bond donors (Lipinski definition) is 1. The van der Waals surface area contributed by atoms with Crippen molar-refractivity contribution in [3.05, 3.63) is 108 Å². The van der Waals surface area contributed by atoms with Crippen molar-refractivity contribution in [1.29, 1.82) is 0 Å². The molecule has 1 aliphatic heterocycles. The standard InChI is InChI=1S/C31H35F2N5O3/c32-26-7-12-29(30(33)19-26)31(39,22-38-24-34-23-35-38)21-37-16-14-36(15-17-37)13-4-18-40-27-8-10-28(11-9-27)41-20-25-5-2-1-3-6-25/h1-3,5-12,19,23-24,39H,4,13-18,20-22H2. The number of β-amino-alcohol motifs (C(OH)–C–C–N with tert-alkyl or cyclic N) is 1. The van der Waals surface area contributed by atoms with Crippen molar-refractivity contribution in [2.75, 3.05) is 45.9 Å². The van der Waals surface area contributed by atoms with E-state index in [1.165, 1.54) is 29.5 Å². The van der Waals surface area contributed by atoms with E-state index in [1.54, 1.807) is 0 Å². The maximum Gasteiger partial charge on any atom is 0.137 e. The topological polar surface area (TPSA) is 75.9 Å². The van der Waals surface area contributed by atoms with Gasteiger partial charge >= 0.3 is 0 Å². The Morgan fingerprint density at radius 1 is 0.829 bits per heavy atom. The molecule has 0 aliphatic carbocycles. The van der Waals surface area contributed by atoms with Crippen molar-refractivity contribution in [1.82, 2.24) is 24.6 Å². The van der Waals surface area contributed by atoms with Crippen molar-refractivity contribution in [2.45, 2.75) is 25.2 Å². The van der Waals surface area contributed by atoms with Crippen molar-refractivity contribution >= 4 is 0 Å². The van der Waals surface area contributed by atoms with Gasteiger partial charge in [0.15, 0.2) is 0 Å². The SMILES string of the molecule is OC(CN1CCN(CCCOc2ccc(OCc3ccccc3)cc2)CC1)(Cn1cncn1)c1ccc(F)cc1F. The molecule has 2 heterocycles. The van der Waals surface area contributed by atoms with E-state index in [-0.39, 0.29) is 18.7 Å². The Morgan fingerprint density at radius 3 is 2.22 bits per heavy atom. The molecule has 10 heteroatoms. The smallest absolute Gasteiger partial charge is 0.137 e. The van der Waals surface area contributed by atoms with Gasteiger partial charge in [0, 0.05) is 50.9 Å². The number of hydrogen-bond acceptors (Lipinski definition) is 7. The van der Waals surface area contributed by atoms with Gasteiger partial charge in [0.2, 0.25) is 0 Å². The average molecular weight is 564 g/mol. The van der Waals surface area contributed by atoms with Gasteiger partial charge in [-0.1, -0.05) is 36.4 Å². The van der Waals surface area contributed by atoms with Crippen LogP contribution in [-0.4, -0.2) is 75.5 Å². The van der Waals surface area contributed by atoms with Gasteiger partial charge in [0.05, 0.1) is 13.2 Å². The normalized spacial score (nSPS) is 15.9. The van der Waals surface area contributed by atoms with Crippen LogP contribution in [0.15, 0.2) is 85.5 Å². The van der Waals surface area contributed by atoms with Gasteiger partial charge < -0.3 is 19.5 Å². The minimum Gasteiger partial charge on any atom is -0.494 e. The first-order chi connectivity index (χ1) is 20.0. The Hall–Kier alpha value is -3.86. The first-order valence-corrected chi connectivity index (χ1v) is 13.8. The lowest BCUT2D eigenvalue weighted by Crippen LogP contribution is -2.52. The molecule has 1 unspecified atom stereocenters. The van der Waals surface area contributed by atoms with Gasteiger partial charge in [-0.05, 0) is 42.3 Å². The van der Waals surface area contributed by atoms with Gasteiger partial charge in [0.1, 0.15) is 48.0 Å². The summed E-state index contributed by atoms with van der Waals surface area (Å²) in [5, 5.41) is 15.7. The summed E-state index contributed by atoms with van der Waals surface area (Å²) in [5.41, 5.74) is -0.424. The predicted molar refractivity (Wildman–Crippen MR) is 150 cm³/mol. The molecule has 0 spiro atoms. The Morgan fingerprint density at radius 2 is 1.54 bits per heavy atom. The number of aromatic nitrogens is 3. The van der Waals surface area contributed by atoms with E-state index in [0.717, 1.165) is 49.2 Å². The summed E-state index contributed by atoms with van der Waals surface area (Å²) >= 11 is 0. The molecule has 0 bridgehead atoms. The molecule has 1 aliphatic rings. The maximum atomic E-state index is 14.7. The number of rotatable bonds is 13. The van der Waals surface area contributed by atoms with Crippen molar-refractivity contribution in [2.24, 2.45) is 0 Å². The number of halogens is 2. The fourth-order valence-electron chi connectivity index (χ4n) is 5.06. The third kappa shape index (κ3) is 8.09. The van der Waals surface area contributed by atoms with Crippen LogP contribution in [0.1, 0.15) is 17.5 Å². The van der Waals surface area contributed by atoms with E-state index < -0.39 is 17.2 Å². The zero-order valence-corrected chi connectivity index (χ0v) is 22.9. The van der Waals surface area contributed by atoms with Crippen molar-refractivity contribution in [3.63, 3.8) is 0 Å². The molecule has 1 saturated heterocycles. The first kappa shape index (κ1) is 28.7. The van der Waals surface area contributed by atoms with Crippen LogP contribution < -0.4 is 9.47 Å². The van der Waals surface area contributed by atoms with Gasteiger partial charge in [-0.2, -0.15) is 5.10 Å². The molecule has 216 valence electrons. The average Bonchev–Trinajstić information content (AvgIpc) is 3.49. The monoisotopic (exact) mass is 563 g/mol. The lowest BCUT2D eigenvalue weighted by Gasteiger charge is -2.39.